The SMILES string of the molecule is O=C(Oc1ccc2c(c1)Oc1ccc(OC(=O)c3ccc(C(=O)O)c(C(=O)O)c3)cc1C21c2ccccc2-c2ccccc21)c1ccc(C(=O)O)c(C(=O)O)c1. The summed E-state index contributed by atoms with van der Waals surface area (Å²) >= 11 is 0. The minimum Gasteiger partial charge on any atom is -0.478 e. The van der Waals surface area contributed by atoms with Crippen LogP contribution in [-0.4, -0.2) is 56.2 Å². The lowest BCUT2D eigenvalue weighted by Gasteiger charge is -2.39. The fourth-order valence-electron chi connectivity index (χ4n) is 7.40. The fraction of sp³-hybridized carbons (Fsp3) is 0.0233. The van der Waals surface area contributed by atoms with Gasteiger partial charge in [0.05, 0.1) is 38.8 Å². The van der Waals surface area contributed by atoms with Crippen molar-refractivity contribution in [3.8, 4) is 34.1 Å². The molecule has 0 bridgehead atoms. The van der Waals surface area contributed by atoms with Crippen molar-refractivity contribution < 1.29 is 63.4 Å². The van der Waals surface area contributed by atoms with E-state index in [0.717, 1.165) is 52.6 Å². The van der Waals surface area contributed by atoms with Gasteiger partial charge in [0.1, 0.15) is 23.0 Å². The number of hydrogen-bond acceptors (Lipinski definition) is 9. The maximum absolute atomic E-state index is 13.4. The van der Waals surface area contributed by atoms with Crippen LogP contribution < -0.4 is 14.2 Å². The molecule has 8 rings (SSSR count). The maximum Gasteiger partial charge on any atom is 0.343 e. The lowest BCUT2D eigenvalue weighted by atomic mass is 9.66. The van der Waals surface area contributed by atoms with Crippen molar-refractivity contribution in [2.75, 3.05) is 0 Å². The molecule has 0 saturated heterocycles. The summed E-state index contributed by atoms with van der Waals surface area (Å²) < 4.78 is 17.8. The van der Waals surface area contributed by atoms with Gasteiger partial charge >= 0.3 is 35.8 Å². The van der Waals surface area contributed by atoms with Gasteiger partial charge in [-0.25, -0.2) is 28.8 Å². The summed E-state index contributed by atoms with van der Waals surface area (Å²) in [5.74, 6) is -7.05. The van der Waals surface area contributed by atoms with Crippen molar-refractivity contribution in [2.45, 2.75) is 5.41 Å². The number of carboxylic acids is 4. The van der Waals surface area contributed by atoms with Crippen LogP contribution in [0.25, 0.3) is 11.1 Å². The molecule has 0 amide bonds. The third-order valence-electron chi connectivity index (χ3n) is 9.74. The molecule has 0 fully saturated rings. The average Bonchev–Trinajstić information content (AvgIpc) is 3.48. The predicted molar refractivity (Wildman–Crippen MR) is 194 cm³/mol. The standard InChI is InChI=1S/C43H24O13/c44-37(45)27-13-9-21(17-29(27)39(48)49)41(52)54-23-12-16-35-34(19-23)43(31-7-3-1-5-25(31)26-6-2-4-8-32(26)43)33-15-11-24(20-36(33)56-35)55-42(53)22-10-14-28(38(46)47)30(18-22)40(50)51/h1-20H,(H,44,45)(H,46,47)(H,48,49)(H,50,51). The predicted octanol–water partition coefficient (Wildman–Crippen LogP) is 7.39. The Bertz CT molecular complexity index is 2700. The highest BCUT2D eigenvalue weighted by Crippen LogP contribution is 2.62. The number of carbonyl (C=O) groups excluding carboxylic acids is 2. The molecule has 1 spiro atoms. The molecule has 1 aliphatic carbocycles. The number of benzene rings is 6. The molecule has 4 N–H and O–H groups in total. The van der Waals surface area contributed by atoms with Crippen molar-refractivity contribution >= 4 is 35.8 Å². The highest BCUT2D eigenvalue weighted by atomic mass is 16.5. The number of ether oxygens (including phenoxy) is 3. The minimum atomic E-state index is -1.53. The monoisotopic (exact) mass is 748 g/mol. The van der Waals surface area contributed by atoms with E-state index >= 15 is 0 Å². The van der Waals surface area contributed by atoms with E-state index in [0.29, 0.717) is 22.6 Å². The maximum atomic E-state index is 13.4. The summed E-state index contributed by atoms with van der Waals surface area (Å²) in [6.07, 6.45) is 0. The van der Waals surface area contributed by atoms with Gasteiger partial charge in [-0.05, 0) is 82.9 Å². The molecule has 1 aliphatic heterocycles. The molecular weight excluding hydrogens is 724 g/mol. The zero-order chi connectivity index (χ0) is 39.5. The Labute approximate surface area is 315 Å². The molecule has 6 aromatic rings. The summed E-state index contributed by atoms with van der Waals surface area (Å²) in [5.41, 5.74) is 1.26. The van der Waals surface area contributed by atoms with Crippen LogP contribution >= 0.6 is 0 Å². The second-order valence-electron chi connectivity index (χ2n) is 12.8. The van der Waals surface area contributed by atoms with Crippen molar-refractivity contribution in [3.63, 3.8) is 0 Å². The third-order valence-corrected chi connectivity index (χ3v) is 9.74. The van der Waals surface area contributed by atoms with E-state index in [1.807, 2.05) is 48.5 Å². The van der Waals surface area contributed by atoms with E-state index in [-0.39, 0.29) is 22.6 Å². The van der Waals surface area contributed by atoms with E-state index in [1.54, 1.807) is 24.3 Å². The summed E-state index contributed by atoms with van der Waals surface area (Å²) in [6, 6.07) is 31.3. The molecule has 0 unspecified atom stereocenters. The molecule has 1 heterocycles. The largest absolute Gasteiger partial charge is 0.478 e. The van der Waals surface area contributed by atoms with Gasteiger partial charge in [-0.15, -0.1) is 0 Å². The van der Waals surface area contributed by atoms with E-state index in [2.05, 4.69) is 0 Å². The first kappa shape index (κ1) is 35.0. The molecule has 6 aromatic carbocycles. The molecule has 0 atom stereocenters. The molecule has 0 aromatic heterocycles. The van der Waals surface area contributed by atoms with Crippen molar-refractivity contribution in [1.82, 2.24) is 0 Å². The normalized spacial score (nSPS) is 12.6. The topological polar surface area (TPSA) is 211 Å². The van der Waals surface area contributed by atoms with E-state index < -0.39 is 63.5 Å². The van der Waals surface area contributed by atoms with Gasteiger partial charge in [-0.3, -0.25) is 0 Å². The first-order valence-corrected chi connectivity index (χ1v) is 16.7. The third kappa shape index (κ3) is 5.50. The Balaban J connectivity index is 1.22. The second kappa shape index (κ2) is 13.1. The summed E-state index contributed by atoms with van der Waals surface area (Å²) in [5, 5.41) is 37.9. The summed E-state index contributed by atoms with van der Waals surface area (Å²) in [7, 11) is 0. The van der Waals surface area contributed by atoms with Gasteiger partial charge in [0.2, 0.25) is 0 Å². The lowest BCUT2D eigenvalue weighted by Crippen LogP contribution is -2.32. The van der Waals surface area contributed by atoms with E-state index in [9.17, 15) is 49.2 Å². The molecule has 0 saturated carbocycles. The zero-order valence-corrected chi connectivity index (χ0v) is 28.5. The van der Waals surface area contributed by atoms with Gasteiger partial charge in [-0.2, -0.15) is 0 Å². The first-order valence-electron chi connectivity index (χ1n) is 16.7. The number of rotatable bonds is 8. The molecule has 0 radical (unpaired) electrons. The van der Waals surface area contributed by atoms with Gasteiger partial charge in [-0.1, -0.05) is 54.6 Å². The van der Waals surface area contributed by atoms with Crippen molar-refractivity contribution in [2.24, 2.45) is 0 Å². The van der Waals surface area contributed by atoms with Crippen LogP contribution in [-0.2, 0) is 5.41 Å². The Morgan fingerprint density at radius 3 is 1.39 bits per heavy atom. The second-order valence-corrected chi connectivity index (χ2v) is 12.8. The van der Waals surface area contributed by atoms with E-state index in [1.165, 1.54) is 18.2 Å². The summed E-state index contributed by atoms with van der Waals surface area (Å²) in [6.45, 7) is 0. The highest BCUT2D eigenvalue weighted by Gasteiger charge is 2.51. The molecular formula is C43H24O13. The van der Waals surface area contributed by atoms with Gasteiger partial charge in [0.25, 0.3) is 0 Å². The molecule has 13 nitrogen and oxygen atoms in total. The molecule has 13 heteroatoms. The number of carboxylic acid groups (broad SMARTS) is 4. The Morgan fingerprint density at radius 1 is 0.429 bits per heavy atom. The van der Waals surface area contributed by atoms with Crippen LogP contribution in [0.15, 0.2) is 121 Å². The Morgan fingerprint density at radius 2 is 0.893 bits per heavy atom. The lowest BCUT2D eigenvalue weighted by molar-refractivity contribution is 0.0650. The molecule has 2 aliphatic rings. The zero-order valence-electron chi connectivity index (χ0n) is 28.5. The number of hydrogen-bond donors (Lipinski definition) is 4. The van der Waals surface area contributed by atoms with Gasteiger partial charge in [0.15, 0.2) is 0 Å². The number of carbonyl (C=O) groups is 6. The smallest absolute Gasteiger partial charge is 0.343 e. The first-order chi connectivity index (χ1) is 26.9. The van der Waals surface area contributed by atoms with Crippen LogP contribution in [0.2, 0.25) is 0 Å². The minimum absolute atomic E-state index is 0.0475. The van der Waals surface area contributed by atoms with Crippen LogP contribution in [0.4, 0.5) is 0 Å². The highest BCUT2D eigenvalue weighted by molar-refractivity contribution is 6.05. The van der Waals surface area contributed by atoms with Crippen LogP contribution in [0.1, 0.15) is 84.4 Å². The number of esters is 2. The Kier molecular flexibility index (Phi) is 8.19. The summed E-state index contributed by atoms with van der Waals surface area (Å²) in [4.78, 5) is 73.2. The van der Waals surface area contributed by atoms with Crippen molar-refractivity contribution in [3.05, 3.63) is 177 Å². The van der Waals surface area contributed by atoms with Gasteiger partial charge < -0.3 is 34.6 Å². The van der Waals surface area contributed by atoms with Gasteiger partial charge in [0, 0.05) is 17.2 Å². The van der Waals surface area contributed by atoms with E-state index in [4.69, 9.17) is 14.2 Å². The fourth-order valence-corrected chi connectivity index (χ4v) is 7.40. The Hall–Kier alpha value is -8.06. The average molecular weight is 749 g/mol. The quantitative estimate of drug-likeness (QED) is 0.0883. The number of fused-ring (bicyclic) bond motifs is 9. The van der Waals surface area contributed by atoms with Crippen LogP contribution in [0.5, 0.6) is 23.0 Å². The number of aromatic carboxylic acids is 4. The van der Waals surface area contributed by atoms with Crippen molar-refractivity contribution in [1.29, 1.82) is 0 Å². The molecule has 56 heavy (non-hydrogen) atoms. The molecule has 274 valence electrons. The van der Waals surface area contributed by atoms with Crippen LogP contribution in [0.3, 0.4) is 0 Å². The van der Waals surface area contributed by atoms with Crippen LogP contribution in [0, 0.1) is 0 Å².